The number of fused-ring (bicyclic) bond motifs is 3. The Morgan fingerprint density at radius 3 is 2.31 bits per heavy atom. The molecule has 184 valence electrons. The van der Waals surface area contributed by atoms with Crippen LogP contribution in [0.2, 0.25) is 0 Å². The number of rotatable bonds is 7. The second kappa shape index (κ2) is 12.3. The summed E-state index contributed by atoms with van der Waals surface area (Å²) in [6, 6.07) is 3.84. The molecule has 0 radical (unpaired) electrons. The lowest BCUT2D eigenvalue weighted by molar-refractivity contribution is -0.160. The summed E-state index contributed by atoms with van der Waals surface area (Å²) in [6.45, 7) is 10.3. The van der Waals surface area contributed by atoms with Crippen molar-refractivity contribution in [3.05, 3.63) is 23.3 Å². The Bertz CT molecular complexity index is 760. The van der Waals surface area contributed by atoms with Crippen LogP contribution in [0.1, 0.15) is 57.7 Å². The average molecular weight is 492 g/mol. The topological polar surface area (TPSA) is 74.0 Å². The van der Waals surface area contributed by atoms with Gasteiger partial charge in [0.15, 0.2) is 11.5 Å². The fraction of sp³-hybridized carbons (Fsp3) is 0.708. The molecule has 0 aromatic heterocycles. The number of nitrogens with zero attached hydrogens (tertiary/aromatic N) is 1. The number of methoxy groups -OCH3 is 2. The number of hydrogen-bond donors (Lipinski definition) is 1. The second-order valence-corrected chi connectivity index (χ2v) is 9.54. The molecule has 8 heteroatoms. The maximum Gasteiger partial charge on any atom is 0.323 e. The van der Waals surface area contributed by atoms with Gasteiger partial charge in [0, 0.05) is 31.5 Å². The van der Waals surface area contributed by atoms with E-state index in [2.05, 4.69) is 30.9 Å². The maximum atomic E-state index is 12.7. The second-order valence-electron chi connectivity index (χ2n) is 9.54. The van der Waals surface area contributed by atoms with Gasteiger partial charge in [0.2, 0.25) is 0 Å². The lowest BCUT2D eigenvalue weighted by Gasteiger charge is -2.47. The van der Waals surface area contributed by atoms with Gasteiger partial charge in [-0.1, -0.05) is 27.7 Å². The van der Waals surface area contributed by atoms with Crippen molar-refractivity contribution in [3.8, 4) is 11.5 Å². The summed E-state index contributed by atoms with van der Waals surface area (Å²) in [7, 11) is 3.34. The zero-order chi connectivity index (χ0) is 22.0. The first-order valence-corrected chi connectivity index (χ1v) is 11.2. The minimum Gasteiger partial charge on any atom is -0.493 e. The molecular formula is C24H40Cl2N2O4. The predicted octanol–water partition coefficient (Wildman–Crippen LogP) is 4.41. The summed E-state index contributed by atoms with van der Waals surface area (Å²) in [6.07, 6.45) is 2.70. The highest BCUT2D eigenvalue weighted by Gasteiger charge is 2.41. The zero-order valence-corrected chi connectivity index (χ0v) is 21.8. The molecule has 0 spiro atoms. The molecule has 2 heterocycles. The number of nitrogens with two attached hydrogens (primary N) is 1. The summed E-state index contributed by atoms with van der Waals surface area (Å²) in [5.74, 6) is 2.18. The Kier molecular flexibility index (Phi) is 11.1. The zero-order valence-electron chi connectivity index (χ0n) is 20.1. The first-order chi connectivity index (χ1) is 14.2. The van der Waals surface area contributed by atoms with E-state index >= 15 is 0 Å². The van der Waals surface area contributed by atoms with Gasteiger partial charge < -0.3 is 19.9 Å². The summed E-state index contributed by atoms with van der Waals surface area (Å²) >= 11 is 0. The van der Waals surface area contributed by atoms with Gasteiger partial charge in [-0.25, -0.2) is 0 Å². The molecule has 32 heavy (non-hydrogen) atoms. The van der Waals surface area contributed by atoms with Crippen molar-refractivity contribution in [2.75, 3.05) is 27.3 Å². The Morgan fingerprint density at radius 2 is 1.75 bits per heavy atom. The van der Waals surface area contributed by atoms with Crippen molar-refractivity contribution in [2.45, 2.75) is 65.1 Å². The van der Waals surface area contributed by atoms with Gasteiger partial charge >= 0.3 is 5.97 Å². The van der Waals surface area contributed by atoms with Gasteiger partial charge in [-0.3, -0.25) is 9.69 Å². The molecule has 1 saturated heterocycles. The number of benzene rings is 1. The van der Waals surface area contributed by atoms with Gasteiger partial charge in [-0.15, -0.1) is 24.8 Å². The predicted molar refractivity (Wildman–Crippen MR) is 132 cm³/mol. The Balaban J connectivity index is 0.00000256. The first-order valence-electron chi connectivity index (χ1n) is 11.2. The minimum atomic E-state index is -0.578. The fourth-order valence-electron chi connectivity index (χ4n) is 4.88. The van der Waals surface area contributed by atoms with Crippen LogP contribution in [0.5, 0.6) is 11.5 Å². The van der Waals surface area contributed by atoms with Crippen molar-refractivity contribution < 1.29 is 19.0 Å². The molecule has 1 fully saturated rings. The lowest BCUT2D eigenvalue weighted by Crippen LogP contribution is -2.51. The molecule has 0 aliphatic carbocycles. The van der Waals surface area contributed by atoms with E-state index in [4.69, 9.17) is 19.9 Å². The van der Waals surface area contributed by atoms with Crippen molar-refractivity contribution in [3.63, 3.8) is 0 Å². The highest BCUT2D eigenvalue weighted by Crippen LogP contribution is 2.44. The van der Waals surface area contributed by atoms with E-state index in [1.54, 1.807) is 14.2 Å². The number of carbonyl (C=O) groups excluding carboxylic acids is 1. The fourth-order valence-corrected chi connectivity index (χ4v) is 4.88. The monoisotopic (exact) mass is 490 g/mol. The van der Waals surface area contributed by atoms with E-state index in [1.807, 2.05) is 13.8 Å². The first kappa shape index (κ1) is 28.8. The van der Waals surface area contributed by atoms with Crippen LogP contribution in [-0.2, 0) is 16.0 Å². The van der Waals surface area contributed by atoms with Crippen LogP contribution in [0.15, 0.2) is 12.1 Å². The molecule has 0 saturated carbocycles. The average Bonchev–Trinajstić information content (AvgIpc) is 2.71. The van der Waals surface area contributed by atoms with Gasteiger partial charge in [0.05, 0.1) is 14.2 Å². The summed E-state index contributed by atoms with van der Waals surface area (Å²) < 4.78 is 17.1. The van der Waals surface area contributed by atoms with Gasteiger partial charge in [0.25, 0.3) is 0 Å². The van der Waals surface area contributed by atoms with E-state index in [-0.39, 0.29) is 48.8 Å². The molecule has 2 aliphatic heterocycles. The molecule has 1 aromatic rings. The Morgan fingerprint density at radius 1 is 1.12 bits per heavy atom. The normalized spacial score (nSPS) is 23.3. The van der Waals surface area contributed by atoms with Gasteiger partial charge in [-0.05, 0) is 47.9 Å². The molecular weight excluding hydrogens is 451 g/mol. The Hall–Kier alpha value is -1.21. The van der Waals surface area contributed by atoms with E-state index < -0.39 is 6.04 Å². The number of carbonyl (C=O) groups is 1. The number of esters is 1. The van der Waals surface area contributed by atoms with Gasteiger partial charge in [0.1, 0.15) is 12.1 Å². The standard InChI is InChI=1S/C24H38N2O4.2ClH/c1-14(2)9-17-13-26-8-7-16-10-21(28-5)22(29-6)11-18(16)19(26)12-20(17)30-24(27)23(25)15(3)4;;/h10-11,14-15,17,19-20,23H,7-9,12-13,25H2,1-6H3;2*1H/t17-,19-,20-,23?;;/m1../s1. The van der Waals surface area contributed by atoms with Crippen molar-refractivity contribution in [2.24, 2.45) is 23.5 Å². The van der Waals surface area contributed by atoms with Crippen LogP contribution in [0, 0.1) is 17.8 Å². The van der Waals surface area contributed by atoms with Crippen LogP contribution in [0.4, 0.5) is 0 Å². The third-order valence-electron chi connectivity index (χ3n) is 6.60. The quantitative estimate of drug-likeness (QED) is 0.570. The highest BCUT2D eigenvalue weighted by atomic mass is 35.5. The third-order valence-corrected chi connectivity index (χ3v) is 6.60. The molecule has 4 atom stereocenters. The van der Waals surface area contributed by atoms with Crippen LogP contribution in [-0.4, -0.2) is 50.3 Å². The SMILES string of the molecule is COc1cc2c(cc1OC)[C@H]1C[C@@H](OC(=O)C(N)C(C)C)[C@H](CC(C)C)CN1CC2.Cl.Cl. The van der Waals surface area contributed by atoms with E-state index in [9.17, 15) is 4.79 Å². The summed E-state index contributed by atoms with van der Waals surface area (Å²) in [5, 5.41) is 0. The molecule has 0 amide bonds. The van der Waals surface area contributed by atoms with E-state index in [1.165, 1.54) is 11.1 Å². The van der Waals surface area contributed by atoms with Crippen LogP contribution < -0.4 is 15.2 Å². The van der Waals surface area contributed by atoms with Gasteiger partial charge in [-0.2, -0.15) is 0 Å². The minimum absolute atomic E-state index is 0. The van der Waals surface area contributed by atoms with Crippen molar-refractivity contribution in [1.29, 1.82) is 0 Å². The van der Waals surface area contributed by atoms with Crippen LogP contribution >= 0.6 is 24.8 Å². The van der Waals surface area contributed by atoms with Crippen molar-refractivity contribution >= 4 is 30.8 Å². The molecule has 2 aliphatic rings. The molecule has 3 rings (SSSR count). The molecule has 2 N–H and O–H groups in total. The molecule has 1 unspecified atom stereocenters. The summed E-state index contributed by atoms with van der Waals surface area (Å²) in [5.41, 5.74) is 8.64. The van der Waals surface area contributed by atoms with Crippen LogP contribution in [0.3, 0.4) is 0 Å². The lowest BCUT2D eigenvalue weighted by atomic mass is 9.79. The smallest absolute Gasteiger partial charge is 0.323 e. The maximum absolute atomic E-state index is 12.7. The number of piperidine rings is 1. The largest absolute Gasteiger partial charge is 0.493 e. The highest BCUT2D eigenvalue weighted by molar-refractivity contribution is 5.85. The Labute approximate surface area is 205 Å². The molecule has 0 bridgehead atoms. The third kappa shape index (κ3) is 6.22. The number of ether oxygens (including phenoxy) is 3. The molecule has 6 nitrogen and oxygen atoms in total. The van der Waals surface area contributed by atoms with Crippen molar-refractivity contribution in [1.82, 2.24) is 4.90 Å². The number of hydrogen-bond acceptors (Lipinski definition) is 6. The van der Waals surface area contributed by atoms with E-state index in [0.717, 1.165) is 43.9 Å². The molecule has 1 aromatic carbocycles. The number of halogens is 2. The van der Waals surface area contributed by atoms with Crippen LogP contribution in [0.25, 0.3) is 0 Å². The van der Waals surface area contributed by atoms with E-state index in [0.29, 0.717) is 11.8 Å². The summed E-state index contributed by atoms with van der Waals surface area (Å²) in [4.78, 5) is 15.2.